The summed E-state index contributed by atoms with van der Waals surface area (Å²) in [4.78, 5) is 14.8. The summed E-state index contributed by atoms with van der Waals surface area (Å²) in [5.74, 6) is -0.0335. The highest BCUT2D eigenvalue weighted by Crippen LogP contribution is 2.26. The summed E-state index contributed by atoms with van der Waals surface area (Å²) >= 11 is 0. The van der Waals surface area contributed by atoms with Crippen molar-refractivity contribution in [3.8, 4) is 0 Å². The molecule has 0 saturated carbocycles. The van der Waals surface area contributed by atoms with Gasteiger partial charge in [-0.15, -0.1) is 0 Å². The first-order chi connectivity index (χ1) is 12.9. The Bertz CT molecular complexity index is 889. The van der Waals surface area contributed by atoms with E-state index in [1.54, 1.807) is 17.0 Å². The summed E-state index contributed by atoms with van der Waals surface area (Å²) in [6, 6.07) is 16.9. The molecule has 0 aromatic heterocycles. The van der Waals surface area contributed by atoms with Crippen LogP contribution >= 0.6 is 0 Å². The highest BCUT2D eigenvalue weighted by atomic mass is 32.2. The minimum absolute atomic E-state index is 0.0896. The highest BCUT2D eigenvalue weighted by Gasteiger charge is 2.33. The first-order valence-electron chi connectivity index (χ1n) is 9.24. The molecule has 0 spiro atoms. The third-order valence-corrected chi connectivity index (χ3v) is 7.21. The molecule has 1 aliphatic rings. The molecule has 2 aromatic carbocycles. The lowest BCUT2D eigenvalue weighted by molar-refractivity contribution is -0.135. The van der Waals surface area contributed by atoms with Gasteiger partial charge < -0.3 is 4.90 Å². The monoisotopic (exact) mass is 386 g/mol. The zero-order valence-corrected chi connectivity index (χ0v) is 16.7. The van der Waals surface area contributed by atoms with Crippen LogP contribution in [0.15, 0.2) is 59.5 Å². The molecular formula is C21H26N2O3S. The molecule has 1 aliphatic heterocycles. The Hall–Kier alpha value is -2.18. The number of amides is 1. The minimum atomic E-state index is -3.50. The first-order valence-corrected chi connectivity index (χ1v) is 10.7. The van der Waals surface area contributed by atoms with E-state index in [-0.39, 0.29) is 11.8 Å². The second kappa shape index (κ2) is 8.23. The second-order valence-electron chi connectivity index (χ2n) is 7.12. The Morgan fingerprint density at radius 2 is 1.63 bits per heavy atom. The van der Waals surface area contributed by atoms with E-state index in [1.165, 1.54) is 4.31 Å². The molecule has 0 aliphatic carbocycles. The van der Waals surface area contributed by atoms with Gasteiger partial charge in [0.05, 0.1) is 4.90 Å². The van der Waals surface area contributed by atoms with Crippen LogP contribution in [0.1, 0.15) is 24.0 Å². The van der Waals surface area contributed by atoms with Gasteiger partial charge in [-0.1, -0.05) is 48.5 Å². The zero-order valence-electron chi connectivity index (χ0n) is 15.8. The number of piperidine rings is 1. The lowest BCUT2D eigenvalue weighted by Crippen LogP contribution is -2.43. The van der Waals surface area contributed by atoms with Crippen molar-refractivity contribution in [1.29, 1.82) is 0 Å². The van der Waals surface area contributed by atoms with Gasteiger partial charge in [0.1, 0.15) is 0 Å². The first kappa shape index (κ1) is 19.6. The number of carbonyl (C=O) groups is 1. The normalized spacial score (nSPS) is 16.2. The van der Waals surface area contributed by atoms with E-state index in [1.807, 2.05) is 56.4 Å². The summed E-state index contributed by atoms with van der Waals surface area (Å²) in [6.07, 6.45) is 1.12. The van der Waals surface area contributed by atoms with Crippen LogP contribution in [-0.4, -0.2) is 43.7 Å². The number of hydrogen-bond acceptors (Lipinski definition) is 3. The predicted octanol–water partition coefficient (Wildman–Crippen LogP) is 3.05. The van der Waals surface area contributed by atoms with Crippen LogP contribution in [0.2, 0.25) is 0 Å². The average Bonchev–Trinajstić information content (AvgIpc) is 2.68. The SMILES string of the molecule is Cc1ccccc1S(=O)(=O)N1CCC(C(=O)N(C)Cc2ccccc2)CC1. The van der Waals surface area contributed by atoms with Gasteiger partial charge in [-0.05, 0) is 37.0 Å². The maximum Gasteiger partial charge on any atom is 0.243 e. The molecule has 2 aromatic rings. The van der Waals surface area contributed by atoms with E-state index in [9.17, 15) is 13.2 Å². The van der Waals surface area contributed by atoms with E-state index in [2.05, 4.69) is 0 Å². The van der Waals surface area contributed by atoms with Crippen LogP contribution in [0, 0.1) is 12.8 Å². The molecular weight excluding hydrogens is 360 g/mol. The summed E-state index contributed by atoms with van der Waals surface area (Å²) in [5, 5.41) is 0. The molecule has 27 heavy (non-hydrogen) atoms. The van der Waals surface area contributed by atoms with Gasteiger partial charge >= 0.3 is 0 Å². The van der Waals surface area contributed by atoms with Crippen LogP contribution in [0.25, 0.3) is 0 Å². The molecule has 0 atom stereocenters. The van der Waals surface area contributed by atoms with Gasteiger partial charge in [0.25, 0.3) is 0 Å². The lowest BCUT2D eigenvalue weighted by Gasteiger charge is -2.32. The van der Waals surface area contributed by atoms with Crippen molar-refractivity contribution in [2.75, 3.05) is 20.1 Å². The number of rotatable bonds is 5. The quantitative estimate of drug-likeness (QED) is 0.794. The van der Waals surface area contributed by atoms with Gasteiger partial charge in [0, 0.05) is 32.6 Å². The number of sulfonamides is 1. The summed E-state index contributed by atoms with van der Waals surface area (Å²) in [6.45, 7) is 3.14. The fourth-order valence-electron chi connectivity index (χ4n) is 3.57. The third kappa shape index (κ3) is 4.39. The van der Waals surface area contributed by atoms with Crippen molar-refractivity contribution in [2.45, 2.75) is 31.2 Å². The highest BCUT2D eigenvalue weighted by molar-refractivity contribution is 7.89. The van der Waals surface area contributed by atoms with E-state index in [0.29, 0.717) is 37.4 Å². The zero-order chi connectivity index (χ0) is 19.4. The van der Waals surface area contributed by atoms with Crippen LogP contribution < -0.4 is 0 Å². The molecule has 1 amide bonds. The third-order valence-electron chi connectivity index (χ3n) is 5.15. The van der Waals surface area contributed by atoms with Gasteiger partial charge in [-0.3, -0.25) is 4.79 Å². The van der Waals surface area contributed by atoms with Crippen LogP contribution in [-0.2, 0) is 21.4 Å². The van der Waals surface area contributed by atoms with Crippen molar-refractivity contribution in [3.63, 3.8) is 0 Å². The Kier molecular flexibility index (Phi) is 5.97. The Morgan fingerprint density at radius 1 is 1.04 bits per heavy atom. The predicted molar refractivity (Wildman–Crippen MR) is 106 cm³/mol. The molecule has 0 radical (unpaired) electrons. The molecule has 3 rings (SSSR count). The smallest absolute Gasteiger partial charge is 0.243 e. The van der Waals surface area contributed by atoms with E-state index < -0.39 is 10.0 Å². The van der Waals surface area contributed by atoms with E-state index >= 15 is 0 Å². The van der Waals surface area contributed by atoms with Crippen LogP contribution in [0.5, 0.6) is 0 Å². The van der Waals surface area contributed by atoms with Crippen molar-refractivity contribution in [2.24, 2.45) is 5.92 Å². The molecule has 0 unspecified atom stereocenters. The van der Waals surface area contributed by atoms with Crippen LogP contribution in [0.4, 0.5) is 0 Å². The molecule has 1 heterocycles. The molecule has 5 nitrogen and oxygen atoms in total. The largest absolute Gasteiger partial charge is 0.341 e. The minimum Gasteiger partial charge on any atom is -0.341 e. The standard InChI is InChI=1S/C21H26N2O3S/c1-17-8-6-7-11-20(17)27(25,26)23-14-12-19(13-15-23)21(24)22(2)16-18-9-4-3-5-10-18/h3-11,19H,12-16H2,1-2H3. The van der Waals surface area contributed by atoms with Crippen molar-refractivity contribution in [1.82, 2.24) is 9.21 Å². The Balaban J connectivity index is 1.61. The number of nitrogens with zero attached hydrogens (tertiary/aromatic N) is 2. The maximum absolute atomic E-state index is 12.9. The Morgan fingerprint density at radius 3 is 2.26 bits per heavy atom. The summed E-state index contributed by atoms with van der Waals surface area (Å²) in [5.41, 5.74) is 1.84. The summed E-state index contributed by atoms with van der Waals surface area (Å²) < 4.78 is 27.3. The lowest BCUT2D eigenvalue weighted by atomic mass is 9.96. The maximum atomic E-state index is 12.9. The summed E-state index contributed by atoms with van der Waals surface area (Å²) in [7, 11) is -1.69. The molecule has 1 fully saturated rings. The van der Waals surface area contributed by atoms with E-state index in [0.717, 1.165) is 11.1 Å². The number of hydrogen-bond donors (Lipinski definition) is 0. The molecule has 0 bridgehead atoms. The topological polar surface area (TPSA) is 57.7 Å². The second-order valence-corrected chi connectivity index (χ2v) is 9.03. The molecule has 144 valence electrons. The van der Waals surface area contributed by atoms with Gasteiger partial charge in [0.2, 0.25) is 15.9 Å². The molecule has 0 N–H and O–H groups in total. The average molecular weight is 387 g/mol. The number of benzene rings is 2. The van der Waals surface area contributed by atoms with Crippen molar-refractivity contribution in [3.05, 3.63) is 65.7 Å². The molecule has 1 saturated heterocycles. The van der Waals surface area contributed by atoms with Crippen molar-refractivity contribution >= 4 is 15.9 Å². The number of aryl methyl sites for hydroxylation is 1. The van der Waals surface area contributed by atoms with Gasteiger partial charge in [-0.25, -0.2) is 8.42 Å². The van der Waals surface area contributed by atoms with Crippen LogP contribution in [0.3, 0.4) is 0 Å². The number of carbonyl (C=O) groups excluding carboxylic acids is 1. The van der Waals surface area contributed by atoms with Crippen molar-refractivity contribution < 1.29 is 13.2 Å². The van der Waals surface area contributed by atoms with E-state index in [4.69, 9.17) is 0 Å². The fraction of sp³-hybridized carbons (Fsp3) is 0.381. The molecule has 6 heteroatoms. The Labute approximate surface area is 161 Å². The fourth-order valence-corrected chi connectivity index (χ4v) is 5.27. The van der Waals surface area contributed by atoms with Gasteiger partial charge in [-0.2, -0.15) is 4.31 Å². The van der Waals surface area contributed by atoms with Gasteiger partial charge in [0.15, 0.2) is 0 Å².